The molecule has 0 aliphatic carbocycles. The Morgan fingerprint density at radius 3 is 2.62 bits per heavy atom. The first-order chi connectivity index (χ1) is 10.1. The fourth-order valence-corrected chi connectivity index (χ4v) is 2.07. The molecule has 0 unspecified atom stereocenters. The lowest BCUT2D eigenvalue weighted by Crippen LogP contribution is -2.14. The van der Waals surface area contributed by atoms with Crippen LogP contribution in [0.3, 0.4) is 0 Å². The molecule has 0 bridgehead atoms. The van der Waals surface area contributed by atoms with Gasteiger partial charge in [-0.05, 0) is 31.4 Å². The molecular formula is C16H20N4O. The number of aromatic nitrogens is 3. The number of aryl methyl sites for hydroxylation is 1. The summed E-state index contributed by atoms with van der Waals surface area (Å²) < 4.78 is 7.47. The van der Waals surface area contributed by atoms with Crippen molar-refractivity contribution in [2.45, 2.75) is 33.7 Å². The predicted octanol–water partition coefficient (Wildman–Crippen LogP) is 2.74. The normalized spacial score (nSPS) is 10.6. The van der Waals surface area contributed by atoms with Crippen LogP contribution < -0.4 is 4.74 Å². The summed E-state index contributed by atoms with van der Waals surface area (Å²) in [5.74, 6) is 1.29. The van der Waals surface area contributed by atoms with Crippen molar-refractivity contribution >= 4 is 0 Å². The first-order valence-electron chi connectivity index (χ1n) is 7.12. The lowest BCUT2D eigenvalue weighted by Gasteiger charge is -2.10. The molecule has 0 atom stereocenters. The van der Waals surface area contributed by atoms with Gasteiger partial charge in [-0.25, -0.2) is 4.68 Å². The SMILES string of the molecule is Cc1ccc(OCCn2nnc(C#N)c2CC(C)C)cc1. The van der Waals surface area contributed by atoms with Crippen LogP contribution in [-0.2, 0) is 13.0 Å². The van der Waals surface area contributed by atoms with E-state index in [1.165, 1.54) is 5.56 Å². The summed E-state index contributed by atoms with van der Waals surface area (Å²) in [5, 5.41) is 17.0. The van der Waals surface area contributed by atoms with E-state index in [1.807, 2.05) is 31.2 Å². The Balaban J connectivity index is 1.98. The molecule has 2 aromatic rings. The van der Waals surface area contributed by atoms with Crippen molar-refractivity contribution in [3.05, 3.63) is 41.2 Å². The minimum atomic E-state index is 0.416. The fraction of sp³-hybridized carbons (Fsp3) is 0.438. The number of nitriles is 1. The smallest absolute Gasteiger partial charge is 0.185 e. The molecule has 0 amide bonds. The second kappa shape index (κ2) is 6.89. The molecule has 0 radical (unpaired) electrons. The van der Waals surface area contributed by atoms with E-state index >= 15 is 0 Å². The number of nitrogens with zero attached hydrogens (tertiary/aromatic N) is 4. The zero-order chi connectivity index (χ0) is 15.2. The molecule has 110 valence electrons. The minimum absolute atomic E-state index is 0.416. The predicted molar refractivity (Wildman–Crippen MR) is 80.0 cm³/mol. The molecule has 2 rings (SSSR count). The van der Waals surface area contributed by atoms with E-state index < -0.39 is 0 Å². The van der Waals surface area contributed by atoms with Crippen LogP contribution in [0.1, 0.15) is 30.8 Å². The van der Waals surface area contributed by atoms with Crippen molar-refractivity contribution in [1.82, 2.24) is 15.0 Å². The van der Waals surface area contributed by atoms with E-state index in [-0.39, 0.29) is 0 Å². The van der Waals surface area contributed by atoms with Gasteiger partial charge in [0.15, 0.2) is 5.69 Å². The average molecular weight is 284 g/mol. The van der Waals surface area contributed by atoms with Gasteiger partial charge >= 0.3 is 0 Å². The zero-order valence-corrected chi connectivity index (χ0v) is 12.7. The Bertz CT molecular complexity index is 623. The monoisotopic (exact) mass is 284 g/mol. The summed E-state index contributed by atoms with van der Waals surface area (Å²) in [4.78, 5) is 0. The van der Waals surface area contributed by atoms with Gasteiger partial charge in [0.1, 0.15) is 18.4 Å². The van der Waals surface area contributed by atoms with Crippen molar-refractivity contribution in [2.75, 3.05) is 6.61 Å². The summed E-state index contributed by atoms with van der Waals surface area (Å²) in [6.07, 6.45) is 0.792. The molecule has 21 heavy (non-hydrogen) atoms. The standard InChI is InChI=1S/C16H20N4O/c1-12(2)10-16-15(11-17)18-19-20(16)8-9-21-14-6-4-13(3)5-7-14/h4-7,12H,8-10H2,1-3H3. The molecule has 5 nitrogen and oxygen atoms in total. The summed E-state index contributed by atoms with van der Waals surface area (Å²) >= 11 is 0. The molecule has 0 N–H and O–H groups in total. The molecule has 5 heteroatoms. The van der Waals surface area contributed by atoms with Crippen LogP contribution in [0.25, 0.3) is 0 Å². The van der Waals surface area contributed by atoms with Crippen molar-refractivity contribution in [2.24, 2.45) is 5.92 Å². The molecule has 1 aromatic carbocycles. The van der Waals surface area contributed by atoms with Gasteiger partial charge in [-0.15, -0.1) is 5.10 Å². The van der Waals surface area contributed by atoms with Crippen LogP contribution in [0.4, 0.5) is 0 Å². The Hall–Kier alpha value is -2.35. The van der Waals surface area contributed by atoms with E-state index in [1.54, 1.807) is 4.68 Å². The van der Waals surface area contributed by atoms with Gasteiger partial charge in [0, 0.05) is 0 Å². The van der Waals surface area contributed by atoms with Crippen molar-refractivity contribution in [3.8, 4) is 11.8 Å². The van der Waals surface area contributed by atoms with Gasteiger partial charge in [0.05, 0.1) is 12.2 Å². The number of benzene rings is 1. The summed E-state index contributed by atoms with van der Waals surface area (Å²) in [6.45, 7) is 7.36. The number of hydrogen-bond donors (Lipinski definition) is 0. The lowest BCUT2D eigenvalue weighted by atomic mass is 10.1. The largest absolute Gasteiger partial charge is 0.492 e. The van der Waals surface area contributed by atoms with Gasteiger partial charge in [0.25, 0.3) is 0 Å². The van der Waals surface area contributed by atoms with Crippen LogP contribution in [0.5, 0.6) is 5.75 Å². The van der Waals surface area contributed by atoms with E-state index in [4.69, 9.17) is 10.00 Å². The number of rotatable bonds is 6. The molecule has 0 saturated carbocycles. The fourth-order valence-electron chi connectivity index (χ4n) is 2.07. The molecule has 0 fully saturated rings. The Morgan fingerprint density at radius 2 is 2.00 bits per heavy atom. The van der Waals surface area contributed by atoms with Crippen molar-refractivity contribution in [1.29, 1.82) is 5.26 Å². The summed E-state index contributed by atoms with van der Waals surface area (Å²) in [7, 11) is 0. The maximum absolute atomic E-state index is 9.08. The van der Waals surface area contributed by atoms with E-state index in [2.05, 4.69) is 30.2 Å². The third-order valence-electron chi connectivity index (χ3n) is 3.14. The van der Waals surface area contributed by atoms with Gasteiger partial charge < -0.3 is 4.74 Å². The highest BCUT2D eigenvalue weighted by Gasteiger charge is 2.13. The van der Waals surface area contributed by atoms with E-state index in [0.29, 0.717) is 24.8 Å². The van der Waals surface area contributed by atoms with Crippen LogP contribution in [0.2, 0.25) is 0 Å². The first kappa shape index (κ1) is 15.0. The molecule has 0 saturated heterocycles. The van der Waals surface area contributed by atoms with Gasteiger partial charge in [0.2, 0.25) is 0 Å². The van der Waals surface area contributed by atoms with Crippen LogP contribution in [0.15, 0.2) is 24.3 Å². The van der Waals surface area contributed by atoms with Crippen molar-refractivity contribution < 1.29 is 4.74 Å². The number of ether oxygens (including phenoxy) is 1. The maximum Gasteiger partial charge on any atom is 0.185 e. The Kier molecular flexibility index (Phi) is 4.94. The highest BCUT2D eigenvalue weighted by atomic mass is 16.5. The van der Waals surface area contributed by atoms with Crippen LogP contribution in [0, 0.1) is 24.2 Å². The summed E-state index contributed by atoms with van der Waals surface area (Å²) in [5.41, 5.74) is 2.51. The van der Waals surface area contributed by atoms with E-state index in [0.717, 1.165) is 17.9 Å². The molecular weight excluding hydrogens is 264 g/mol. The summed E-state index contributed by atoms with van der Waals surface area (Å²) in [6, 6.07) is 10.0. The van der Waals surface area contributed by atoms with Crippen molar-refractivity contribution in [3.63, 3.8) is 0 Å². The second-order valence-corrected chi connectivity index (χ2v) is 5.48. The van der Waals surface area contributed by atoms with Crippen LogP contribution >= 0.6 is 0 Å². The van der Waals surface area contributed by atoms with Gasteiger partial charge in [-0.2, -0.15) is 5.26 Å². The van der Waals surface area contributed by atoms with Gasteiger partial charge in [-0.1, -0.05) is 36.8 Å². The zero-order valence-electron chi connectivity index (χ0n) is 12.7. The maximum atomic E-state index is 9.08. The third kappa shape index (κ3) is 4.06. The lowest BCUT2D eigenvalue weighted by molar-refractivity contribution is 0.286. The molecule has 1 aromatic heterocycles. The first-order valence-corrected chi connectivity index (χ1v) is 7.12. The van der Waals surface area contributed by atoms with Gasteiger partial charge in [-0.3, -0.25) is 0 Å². The molecule has 0 aliphatic rings. The minimum Gasteiger partial charge on any atom is -0.492 e. The second-order valence-electron chi connectivity index (χ2n) is 5.48. The highest BCUT2D eigenvalue weighted by Crippen LogP contribution is 2.13. The van der Waals surface area contributed by atoms with E-state index in [9.17, 15) is 0 Å². The molecule has 0 spiro atoms. The Labute approximate surface area is 125 Å². The quantitative estimate of drug-likeness (QED) is 0.818. The third-order valence-corrected chi connectivity index (χ3v) is 3.14. The number of hydrogen-bond acceptors (Lipinski definition) is 4. The van der Waals surface area contributed by atoms with Crippen LogP contribution in [-0.4, -0.2) is 21.6 Å². The Morgan fingerprint density at radius 1 is 1.29 bits per heavy atom. The highest BCUT2D eigenvalue weighted by molar-refractivity contribution is 5.26. The average Bonchev–Trinajstić information content (AvgIpc) is 2.83. The molecule has 0 aliphatic heterocycles. The topological polar surface area (TPSA) is 63.7 Å². The molecule has 1 heterocycles.